The Bertz CT molecular complexity index is 338. The Hall–Kier alpha value is -0.690. The fourth-order valence-electron chi connectivity index (χ4n) is 2.26. The minimum Gasteiger partial charge on any atom is -0.364 e. The molecule has 0 unspecified atom stereocenters. The minimum absolute atomic E-state index is 0.377. The van der Waals surface area contributed by atoms with Crippen molar-refractivity contribution in [3.63, 3.8) is 0 Å². The van der Waals surface area contributed by atoms with Crippen molar-refractivity contribution in [2.24, 2.45) is 0 Å². The van der Waals surface area contributed by atoms with Crippen LogP contribution in [0.4, 0.5) is 5.69 Å². The van der Waals surface area contributed by atoms with Crippen molar-refractivity contribution >= 4 is 17.3 Å². The summed E-state index contributed by atoms with van der Waals surface area (Å²) in [5.74, 6) is 0. The normalized spacial score (nSPS) is 17.9. The number of nitrogens with zero attached hydrogens (tertiary/aromatic N) is 1. The molecule has 1 aromatic rings. The van der Waals surface area contributed by atoms with E-state index in [0.717, 1.165) is 5.02 Å². The van der Waals surface area contributed by atoms with Crippen molar-refractivity contribution < 1.29 is 0 Å². The summed E-state index contributed by atoms with van der Waals surface area (Å²) in [6.45, 7) is 6.83. The molecule has 1 aromatic carbocycles. The van der Waals surface area contributed by atoms with Crippen LogP contribution in [0, 0.1) is 0 Å². The number of hydrogen-bond acceptors (Lipinski definition) is 1. The van der Waals surface area contributed by atoms with Gasteiger partial charge in [0.05, 0.1) is 0 Å². The summed E-state index contributed by atoms with van der Waals surface area (Å²) in [4.78, 5) is 2.50. The second kappa shape index (κ2) is 3.71. The molecule has 15 heavy (non-hydrogen) atoms. The summed E-state index contributed by atoms with van der Waals surface area (Å²) in [5, 5.41) is 0.809. The van der Waals surface area contributed by atoms with Crippen LogP contribution in [0.15, 0.2) is 24.3 Å². The van der Waals surface area contributed by atoms with Gasteiger partial charge in [0.25, 0.3) is 0 Å². The molecule has 1 nitrogen and oxygen atoms in total. The SMILES string of the molecule is CC(C)N(c1ccc(Cl)cc1)C1(C)CC1. The third-order valence-electron chi connectivity index (χ3n) is 3.18. The Morgan fingerprint density at radius 3 is 2.13 bits per heavy atom. The van der Waals surface area contributed by atoms with E-state index in [1.165, 1.54) is 18.5 Å². The average Bonchev–Trinajstić information content (AvgIpc) is 2.88. The number of rotatable bonds is 3. The maximum Gasteiger partial charge on any atom is 0.0407 e. The summed E-state index contributed by atoms with van der Waals surface area (Å²) in [6.07, 6.45) is 2.60. The molecule has 2 rings (SSSR count). The topological polar surface area (TPSA) is 3.24 Å². The molecular weight excluding hydrogens is 206 g/mol. The first-order chi connectivity index (χ1) is 7.03. The molecule has 0 N–H and O–H groups in total. The van der Waals surface area contributed by atoms with Gasteiger partial charge in [-0.25, -0.2) is 0 Å². The molecule has 1 fully saturated rings. The Morgan fingerprint density at radius 1 is 1.20 bits per heavy atom. The van der Waals surface area contributed by atoms with Gasteiger partial charge in [-0.3, -0.25) is 0 Å². The summed E-state index contributed by atoms with van der Waals surface area (Å²) < 4.78 is 0. The molecule has 0 aromatic heterocycles. The smallest absolute Gasteiger partial charge is 0.0407 e. The van der Waals surface area contributed by atoms with E-state index in [2.05, 4.69) is 37.8 Å². The molecule has 0 amide bonds. The van der Waals surface area contributed by atoms with Gasteiger partial charge in [0.1, 0.15) is 0 Å². The number of benzene rings is 1. The van der Waals surface area contributed by atoms with Crippen molar-refractivity contribution in [1.82, 2.24) is 0 Å². The van der Waals surface area contributed by atoms with E-state index in [4.69, 9.17) is 11.6 Å². The summed E-state index contributed by atoms with van der Waals surface area (Å²) >= 11 is 5.91. The molecule has 2 heteroatoms. The van der Waals surface area contributed by atoms with E-state index in [9.17, 15) is 0 Å². The lowest BCUT2D eigenvalue weighted by atomic mass is 10.1. The maximum absolute atomic E-state index is 5.91. The van der Waals surface area contributed by atoms with E-state index in [1.807, 2.05) is 12.1 Å². The van der Waals surface area contributed by atoms with E-state index in [-0.39, 0.29) is 0 Å². The van der Waals surface area contributed by atoms with Gasteiger partial charge in [-0.2, -0.15) is 0 Å². The number of halogens is 1. The van der Waals surface area contributed by atoms with E-state index in [0.29, 0.717) is 11.6 Å². The lowest BCUT2D eigenvalue weighted by Crippen LogP contribution is -2.40. The van der Waals surface area contributed by atoms with Crippen molar-refractivity contribution in [2.45, 2.75) is 45.2 Å². The number of anilines is 1. The maximum atomic E-state index is 5.91. The van der Waals surface area contributed by atoms with Gasteiger partial charge in [0, 0.05) is 22.3 Å². The molecular formula is C13H18ClN. The Kier molecular flexibility index (Phi) is 2.68. The lowest BCUT2D eigenvalue weighted by molar-refractivity contribution is 0.567. The van der Waals surface area contributed by atoms with Gasteiger partial charge in [-0.05, 0) is 57.9 Å². The quantitative estimate of drug-likeness (QED) is 0.746. The Balaban J connectivity index is 2.29. The molecule has 1 saturated carbocycles. The molecule has 0 radical (unpaired) electrons. The Labute approximate surface area is 97.0 Å². The molecule has 0 aliphatic heterocycles. The first-order valence-corrected chi connectivity index (χ1v) is 5.96. The fourth-order valence-corrected chi connectivity index (χ4v) is 2.38. The molecule has 0 saturated heterocycles. The zero-order chi connectivity index (χ0) is 11.1. The highest BCUT2D eigenvalue weighted by Crippen LogP contribution is 2.44. The highest BCUT2D eigenvalue weighted by atomic mass is 35.5. The third kappa shape index (κ3) is 2.12. The van der Waals surface area contributed by atoms with Crippen LogP contribution in [0.1, 0.15) is 33.6 Å². The lowest BCUT2D eigenvalue weighted by Gasteiger charge is -2.35. The third-order valence-corrected chi connectivity index (χ3v) is 3.43. The van der Waals surface area contributed by atoms with Crippen LogP contribution >= 0.6 is 11.6 Å². The molecule has 1 aliphatic rings. The predicted octanol–water partition coefficient (Wildman–Crippen LogP) is 4.11. The molecule has 0 atom stereocenters. The average molecular weight is 224 g/mol. The van der Waals surface area contributed by atoms with Crippen LogP contribution in [-0.2, 0) is 0 Å². The molecule has 0 spiro atoms. The summed E-state index contributed by atoms with van der Waals surface area (Å²) in [7, 11) is 0. The van der Waals surface area contributed by atoms with Gasteiger partial charge in [0.15, 0.2) is 0 Å². The van der Waals surface area contributed by atoms with Crippen LogP contribution in [-0.4, -0.2) is 11.6 Å². The predicted molar refractivity (Wildman–Crippen MR) is 66.7 cm³/mol. The molecule has 0 bridgehead atoms. The minimum atomic E-state index is 0.377. The summed E-state index contributed by atoms with van der Waals surface area (Å²) in [5.41, 5.74) is 1.66. The van der Waals surface area contributed by atoms with Crippen molar-refractivity contribution in [3.05, 3.63) is 29.3 Å². The first-order valence-electron chi connectivity index (χ1n) is 5.58. The van der Waals surface area contributed by atoms with Crippen LogP contribution < -0.4 is 4.90 Å². The van der Waals surface area contributed by atoms with Crippen LogP contribution in [0.2, 0.25) is 5.02 Å². The zero-order valence-corrected chi connectivity index (χ0v) is 10.4. The second-order valence-corrected chi connectivity index (χ2v) is 5.37. The standard InChI is InChI=1S/C13H18ClN/c1-10(2)15(13(3)8-9-13)12-6-4-11(14)5-7-12/h4-7,10H,8-9H2,1-3H3. The van der Waals surface area contributed by atoms with Gasteiger partial charge in [-0.15, -0.1) is 0 Å². The largest absolute Gasteiger partial charge is 0.364 e. The highest BCUT2D eigenvalue weighted by molar-refractivity contribution is 6.30. The molecule has 82 valence electrons. The summed E-state index contributed by atoms with van der Waals surface area (Å²) in [6, 6.07) is 8.71. The molecule has 0 heterocycles. The molecule has 1 aliphatic carbocycles. The van der Waals surface area contributed by atoms with E-state index in [1.54, 1.807) is 0 Å². The monoisotopic (exact) mass is 223 g/mol. The zero-order valence-electron chi connectivity index (χ0n) is 9.63. The number of hydrogen-bond donors (Lipinski definition) is 0. The highest BCUT2D eigenvalue weighted by Gasteiger charge is 2.44. The van der Waals surface area contributed by atoms with Crippen molar-refractivity contribution in [2.75, 3.05) is 4.90 Å². The van der Waals surface area contributed by atoms with Crippen LogP contribution in [0.25, 0.3) is 0 Å². The van der Waals surface area contributed by atoms with E-state index >= 15 is 0 Å². The van der Waals surface area contributed by atoms with Gasteiger partial charge in [-0.1, -0.05) is 11.6 Å². The van der Waals surface area contributed by atoms with Crippen LogP contribution in [0.5, 0.6) is 0 Å². The van der Waals surface area contributed by atoms with Gasteiger partial charge in [0.2, 0.25) is 0 Å². The van der Waals surface area contributed by atoms with Crippen LogP contribution in [0.3, 0.4) is 0 Å². The van der Waals surface area contributed by atoms with Gasteiger partial charge >= 0.3 is 0 Å². The van der Waals surface area contributed by atoms with E-state index < -0.39 is 0 Å². The van der Waals surface area contributed by atoms with Crippen molar-refractivity contribution in [1.29, 1.82) is 0 Å². The fraction of sp³-hybridized carbons (Fsp3) is 0.538. The van der Waals surface area contributed by atoms with Gasteiger partial charge < -0.3 is 4.90 Å². The second-order valence-electron chi connectivity index (χ2n) is 4.94. The Morgan fingerprint density at radius 2 is 1.73 bits per heavy atom. The first kappa shape index (κ1) is 10.8. The van der Waals surface area contributed by atoms with Crippen molar-refractivity contribution in [3.8, 4) is 0 Å².